The van der Waals surface area contributed by atoms with Gasteiger partial charge in [0.25, 0.3) is 0 Å². The fourth-order valence-corrected chi connectivity index (χ4v) is 4.74. The van der Waals surface area contributed by atoms with Gasteiger partial charge in [0, 0.05) is 31.5 Å². The van der Waals surface area contributed by atoms with E-state index in [0.29, 0.717) is 11.8 Å². The number of para-hydroxylation sites is 1. The van der Waals surface area contributed by atoms with Crippen molar-refractivity contribution in [2.75, 3.05) is 32.7 Å². The third-order valence-electron chi connectivity index (χ3n) is 6.60. The van der Waals surface area contributed by atoms with E-state index in [1.54, 1.807) is 0 Å². The number of rotatable bonds is 3. The first-order valence-corrected chi connectivity index (χ1v) is 10.6. The molecule has 1 unspecified atom stereocenters. The van der Waals surface area contributed by atoms with Crippen molar-refractivity contribution in [1.29, 1.82) is 0 Å². The maximum Gasteiger partial charge on any atom is 0.222 e. The number of hydrogen-bond acceptors (Lipinski definition) is 3. The van der Waals surface area contributed by atoms with Crippen LogP contribution in [-0.2, 0) is 4.79 Å². The summed E-state index contributed by atoms with van der Waals surface area (Å²) in [5.74, 6) is 1.89. The fraction of sp³-hybridized carbons (Fsp3) is 0.609. The summed E-state index contributed by atoms with van der Waals surface area (Å²) in [5.41, 5.74) is 0.911. The van der Waals surface area contributed by atoms with Crippen molar-refractivity contribution in [1.82, 2.24) is 9.80 Å². The molecule has 2 fully saturated rings. The van der Waals surface area contributed by atoms with E-state index in [1.165, 1.54) is 12.8 Å². The summed E-state index contributed by atoms with van der Waals surface area (Å²) in [6.45, 7) is 7.32. The van der Waals surface area contributed by atoms with Gasteiger partial charge in [-0.3, -0.25) is 4.79 Å². The molecule has 3 heterocycles. The minimum atomic E-state index is -0.240. The normalized spacial score (nSPS) is 26.5. The average Bonchev–Trinajstić information content (AvgIpc) is 2.91. The molecule has 4 rings (SSSR count). The second-order valence-electron chi connectivity index (χ2n) is 8.35. The number of hydrogen-bond donors (Lipinski definition) is 0. The van der Waals surface area contributed by atoms with Crippen molar-refractivity contribution >= 4 is 12.0 Å². The van der Waals surface area contributed by atoms with Gasteiger partial charge < -0.3 is 14.5 Å². The summed E-state index contributed by atoms with van der Waals surface area (Å²) in [4.78, 5) is 17.5. The van der Waals surface area contributed by atoms with Crippen molar-refractivity contribution in [3.8, 4) is 5.75 Å². The molecule has 0 aromatic heterocycles. The Morgan fingerprint density at radius 2 is 1.96 bits per heavy atom. The largest absolute Gasteiger partial charge is 0.483 e. The molecule has 0 bridgehead atoms. The standard InChI is InChI=1S/C23H32N2O2/c1-2-24-15-9-19(10-16-24)18-22(26)25-14-5-11-23(13-17-25)12-8-20-6-3-4-7-21(20)27-23/h3-4,6-8,12,19H,2,5,9-11,13-18H2,1H3. The van der Waals surface area contributed by atoms with Gasteiger partial charge in [0.2, 0.25) is 5.91 Å². The van der Waals surface area contributed by atoms with Crippen molar-refractivity contribution in [2.45, 2.75) is 51.0 Å². The zero-order valence-corrected chi connectivity index (χ0v) is 16.5. The number of nitrogens with zero attached hydrogens (tertiary/aromatic N) is 2. The number of benzene rings is 1. The molecule has 3 aliphatic rings. The van der Waals surface area contributed by atoms with E-state index < -0.39 is 0 Å². The van der Waals surface area contributed by atoms with Crippen LogP contribution in [0.3, 0.4) is 0 Å². The highest BCUT2D eigenvalue weighted by Crippen LogP contribution is 2.37. The van der Waals surface area contributed by atoms with E-state index in [9.17, 15) is 4.79 Å². The SMILES string of the molecule is CCN1CCC(CC(=O)N2CCCC3(C=Cc4ccccc4O3)CC2)CC1. The zero-order chi connectivity index (χ0) is 18.7. The predicted octanol–water partition coefficient (Wildman–Crippen LogP) is 3.97. The van der Waals surface area contributed by atoms with Crippen molar-refractivity contribution in [2.24, 2.45) is 5.92 Å². The van der Waals surface area contributed by atoms with E-state index in [2.05, 4.69) is 41.0 Å². The molecule has 27 heavy (non-hydrogen) atoms. The molecule has 2 saturated heterocycles. The molecule has 4 nitrogen and oxygen atoms in total. The molecule has 0 saturated carbocycles. The van der Waals surface area contributed by atoms with Gasteiger partial charge in [-0.15, -0.1) is 0 Å². The lowest BCUT2D eigenvalue weighted by atomic mass is 9.91. The topological polar surface area (TPSA) is 32.8 Å². The molecule has 1 atom stereocenters. The molecule has 0 radical (unpaired) electrons. The third kappa shape index (κ3) is 4.21. The number of carbonyl (C=O) groups excluding carboxylic acids is 1. The van der Waals surface area contributed by atoms with Gasteiger partial charge in [0.05, 0.1) is 0 Å². The van der Waals surface area contributed by atoms with Crippen molar-refractivity contribution in [3.05, 3.63) is 35.9 Å². The number of fused-ring (bicyclic) bond motifs is 1. The summed E-state index contributed by atoms with van der Waals surface area (Å²) >= 11 is 0. The number of ether oxygens (including phenoxy) is 1. The number of piperidine rings is 1. The van der Waals surface area contributed by atoms with Crippen LogP contribution in [0, 0.1) is 5.92 Å². The van der Waals surface area contributed by atoms with Crippen LogP contribution in [-0.4, -0.2) is 54.0 Å². The Bertz CT molecular complexity index is 693. The molecule has 1 spiro atoms. The van der Waals surface area contributed by atoms with Crippen LogP contribution in [0.5, 0.6) is 5.75 Å². The second kappa shape index (κ2) is 8.05. The summed E-state index contributed by atoms with van der Waals surface area (Å²) in [6, 6.07) is 8.22. The molecule has 1 aromatic carbocycles. The number of carbonyl (C=O) groups is 1. The van der Waals surface area contributed by atoms with Crippen LogP contribution in [0.4, 0.5) is 0 Å². The monoisotopic (exact) mass is 368 g/mol. The minimum Gasteiger partial charge on any atom is -0.483 e. The Morgan fingerprint density at radius 3 is 2.78 bits per heavy atom. The predicted molar refractivity (Wildman–Crippen MR) is 109 cm³/mol. The van der Waals surface area contributed by atoms with E-state index in [4.69, 9.17) is 4.74 Å². The summed E-state index contributed by atoms with van der Waals surface area (Å²) < 4.78 is 6.41. The first kappa shape index (κ1) is 18.5. The Hall–Kier alpha value is -1.81. The van der Waals surface area contributed by atoms with Gasteiger partial charge in [-0.2, -0.15) is 0 Å². The molecule has 1 amide bonds. The van der Waals surface area contributed by atoms with E-state index in [-0.39, 0.29) is 5.60 Å². The van der Waals surface area contributed by atoms with Crippen molar-refractivity contribution in [3.63, 3.8) is 0 Å². The van der Waals surface area contributed by atoms with E-state index >= 15 is 0 Å². The van der Waals surface area contributed by atoms with Gasteiger partial charge in [-0.1, -0.05) is 31.2 Å². The van der Waals surface area contributed by atoms with Gasteiger partial charge in [0.15, 0.2) is 0 Å². The molecule has 0 N–H and O–H groups in total. The Labute approximate surface area is 163 Å². The molecular formula is C23H32N2O2. The third-order valence-corrected chi connectivity index (χ3v) is 6.60. The maximum atomic E-state index is 12.9. The fourth-order valence-electron chi connectivity index (χ4n) is 4.74. The van der Waals surface area contributed by atoms with Crippen LogP contribution in [0.2, 0.25) is 0 Å². The molecule has 146 valence electrons. The Balaban J connectivity index is 1.33. The second-order valence-corrected chi connectivity index (χ2v) is 8.35. The lowest BCUT2D eigenvalue weighted by Gasteiger charge is -2.34. The van der Waals surface area contributed by atoms with Gasteiger partial charge in [-0.05, 0) is 63.4 Å². The van der Waals surface area contributed by atoms with Crippen LogP contribution in [0.15, 0.2) is 30.3 Å². The average molecular weight is 369 g/mol. The van der Waals surface area contributed by atoms with Crippen LogP contribution >= 0.6 is 0 Å². The first-order chi connectivity index (χ1) is 13.2. The molecule has 1 aromatic rings. The zero-order valence-electron chi connectivity index (χ0n) is 16.5. The highest BCUT2D eigenvalue weighted by molar-refractivity contribution is 5.76. The van der Waals surface area contributed by atoms with Crippen LogP contribution < -0.4 is 4.74 Å². The van der Waals surface area contributed by atoms with Gasteiger partial charge in [-0.25, -0.2) is 0 Å². The quantitative estimate of drug-likeness (QED) is 0.809. The molecular weight excluding hydrogens is 336 g/mol. The lowest BCUT2D eigenvalue weighted by Crippen LogP contribution is -2.39. The lowest BCUT2D eigenvalue weighted by molar-refractivity contribution is -0.132. The minimum absolute atomic E-state index is 0.240. The highest BCUT2D eigenvalue weighted by atomic mass is 16.5. The number of likely N-dealkylation sites (tertiary alicyclic amines) is 2. The van der Waals surface area contributed by atoms with Gasteiger partial charge in [0.1, 0.15) is 11.4 Å². The first-order valence-electron chi connectivity index (χ1n) is 10.6. The van der Waals surface area contributed by atoms with Crippen LogP contribution in [0.25, 0.3) is 6.08 Å². The van der Waals surface area contributed by atoms with Crippen molar-refractivity contribution < 1.29 is 9.53 Å². The maximum absolute atomic E-state index is 12.9. The Kier molecular flexibility index (Phi) is 5.53. The smallest absolute Gasteiger partial charge is 0.222 e. The molecule has 3 aliphatic heterocycles. The summed E-state index contributed by atoms with van der Waals surface area (Å²) in [6.07, 6.45) is 10.4. The summed E-state index contributed by atoms with van der Waals surface area (Å²) in [7, 11) is 0. The Morgan fingerprint density at radius 1 is 1.15 bits per heavy atom. The molecule has 4 heteroatoms. The van der Waals surface area contributed by atoms with Gasteiger partial charge >= 0.3 is 0 Å². The highest BCUT2D eigenvalue weighted by Gasteiger charge is 2.36. The van der Waals surface area contributed by atoms with E-state index in [0.717, 1.165) is 69.7 Å². The number of amides is 1. The van der Waals surface area contributed by atoms with Crippen LogP contribution in [0.1, 0.15) is 51.0 Å². The summed E-state index contributed by atoms with van der Waals surface area (Å²) in [5, 5.41) is 0. The molecule has 0 aliphatic carbocycles. The van der Waals surface area contributed by atoms with E-state index in [1.807, 2.05) is 12.1 Å².